The molecule has 5 rings (SSSR count). The Labute approximate surface area is 237 Å². The van der Waals surface area contributed by atoms with Crippen LogP contribution in [0.2, 0.25) is 10.0 Å². The Bertz CT molecular complexity index is 1360. The molecule has 9 heteroatoms. The average Bonchev–Trinajstić information content (AvgIpc) is 2.92. The topological polar surface area (TPSA) is 70.7 Å². The number of hydrogen-bond acceptors (Lipinski definition) is 4. The van der Waals surface area contributed by atoms with Gasteiger partial charge in [-0.3, -0.25) is 10.1 Å². The highest BCUT2D eigenvalue weighted by Crippen LogP contribution is 2.44. The Morgan fingerprint density at radius 3 is 2.51 bits per heavy atom. The normalized spacial score (nSPS) is 18.0. The van der Waals surface area contributed by atoms with Crippen molar-refractivity contribution in [2.24, 2.45) is 0 Å². The van der Waals surface area contributed by atoms with Crippen LogP contribution in [0, 0.1) is 5.82 Å². The molecule has 2 heterocycles. The second-order valence-corrected chi connectivity index (χ2v) is 11.0. The van der Waals surface area contributed by atoms with Crippen molar-refractivity contribution >= 4 is 40.9 Å². The lowest BCUT2D eigenvalue weighted by molar-refractivity contribution is -0.123. The van der Waals surface area contributed by atoms with Crippen molar-refractivity contribution in [3.8, 4) is 0 Å². The van der Waals surface area contributed by atoms with Crippen LogP contribution in [0.4, 0.5) is 14.9 Å². The number of carbonyl (C=O) groups excluding carboxylic acids is 2. The number of piperidine rings is 1. The largest absolute Gasteiger partial charge is 0.438 e. The van der Waals surface area contributed by atoms with Crippen LogP contribution in [0.5, 0.6) is 0 Å². The third-order valence-corrected chi connectivity index (χ3v) is 8.45. The van der Waals surface area contributed by atoms with Crippen LogP contribution in [0.3, 0.4) is 0 Å². The summed E-state index contributed by atoms with van der Waals surface area (Å²) in [6.45, 7) is 3.89. The minimum atomic E-state index is -0.859. The minimum Gasteiger partial charge on any atom is -0.438 e. The van der Waals surface area contributed by atoms with Gasteiger partial charge in [0.25, 0.3) is 0 Å². The fourth-order valence-electron chi connectivity index (χ4n) is 5.51. The van der Waals surface area contributed by atoms with Gasteiger partial charge in [0, 0.05) is 31.5 Å². The monoisotopic (exact) mass is 569 g/mol. The van der Waals surface area contributed by atoms with Crippen LogP contribution in [0.15, 0.2) is 66.7 Å². The number of benzene rings is 3. The maximum Gasteiger partial charge on any atom is 0.412 e. The molecule has 0 aromatic heterocycles. The second-order valence-electron chi connectivity index (χ2n) is 10.2. The molecule has 6 nitrogen and oxygen atoms in total. The van der Waals surface area contributed by atoms with E-state index in [9.17, 15) is 14.0 Å². The number of fused-ring (bicyclic) bond motifs is 2. The lowest BCUT2D eigenvalue weighted by Crippen LogP contribution is -2.48. The van der Waals surface area contributed by atoms with Crippen molar-refractivity contribution in [3.63, 3.8) is 0 Å². The molecule has 1 spiro atoms. The quantitative estimate of drug-likeness (QED) is 0.320. The first kappa shape index (κ1) is 27.4. The molecule has 2 aliphatic heterocycles. The molecule has 0 saturated carbocycles. The number of nitrogens with one attached hydrogen (secondary N) is 2. The fraction of sp³-hybridized carbons (Fsp3) is 0.333. The van der Waals surface area contributed by atoms with Crippen LogP contribution in [0.25, 0.3) is 0 Å². The van der Waals surface area contributed by atoms with Crippen molar-refractivity contribution in [1.82, 2.24) is 10.2 Å². The summed E-state index contributed by atoms with van der Waals surface area (Å²) in [5, 5.41) is 6.66. The molecule has 3 aromatic carbocycles. The molecule has 2 amide bonds. The number of rotatable bonds is 7. The van der Waals surface area contributed by atoms with E-state index in [1.807, 2.05) is 43.3 Å². The molecule has 3 aromatic rings. The molecule has 2 atom stereocenters. The number of carbonyl (C=O) groups is 2. The maximum absolute atomic E-state index is 14.1. The van der Waals surface area contributed by atoms with Gasteiger partial charge in [0.2, 0.25) is 5.91 Å². The van der Waals surface area contributed by atoms with Gasteiger partial charge in [-0.1, -0.05) is 59.6 Å². The summed E-state index contributed by atoms with van der Waals surface area (Å²) in [6, 6.07) is 19.3. The highest BCUT2D eigenvalue weighted by molar-refractivity contribution is 6.42. The fourth-order valence-corrected chi connectivity index (χ4v) is 5.82. The van der Waals surface area contributed by atoms with Gasteiger partial charge in [0.15, 0.2) is 0 Å². The van der Waals surface area contributed by atoms with E-state index < -0.39 is 17.6 Å². The number of halogens is 3. The average molecular weight is 570 g/mol. The molecule has 0 bridgehead atoms. The Balaban J connectivity index is 1.28. The molecule has 0 aliphatic carbocycles. The molecule has 1 fully saturated rings. The Morgan fingerprint density at radius 2 is 1.79 bits per heavy atom. The zero-order valence-electron chi connectivity index (χ0n) is 21.6. The zero-order valence-corrected chi connectivity index (χ0v) is 23.1. The smallest absolute Gasteiger partial charge is 0.412 e. The van der Waals surface area contributed by atoms with Crippen LogP contribution in [-0.4, -0.2) is 36.5 Å². The Kier molecular flexibility index (Phi) is 8.12. The third kappa shape index (κ3) is 6.06. The van der Waals surface area contributed by atoms with Gasteiger partial charge in [-0.05, 0) is 61.3 Å². The first-order valence-electron chi connectivity index (χ1n) is 13.1. The number of amides is 2. The first-order valence-corrected chi connectivity index (χ1v) is 13.8. The van der Waals surface area contributed by atoms with Crippen LogP contribution >= 0.6 is 23.2 Å². The highest BCUT2D eigenvalue weighted by atomic mass is 35.5. The predicted molar refractivity (Wildman–Crippen MR) is 151 cm³/mol. The van der Waals surface area contributed by atoms with E-state index in [0.29, 0.717) is 60.2 Å². The van der Waals surface area contributed by atoms with E-state index in [2.05, 4.69) is 15.5 Å². The van der Waals surface area contributed by atoms with Crippen molar-refractivity contribution in [2.45, 2.75) is 43.7 Å². The van der Waals surface area contributed by atoms with Gasteiger partial charge in [-0.25, -0.2) is 9.18 Å². The van der Waals surface area contributed by atoms with Crippen molar-refractivity contribution in [3.05, 3.63) is 99.3 Å². The molecule has 0 unspecified atom stereocenters. The summed E-state index contributed by atoms with van der Waals surface area (Å²) in [5.74, 6) is -0.890. The molecular formula is C30H30Cl2FN3O3. The number of likely N-dealkylation sites (tertiary alicyclic amines) is 1. The van der Waals surface area contributed by atoms with Gasteiger partial charge in [0.1, 0.15) is 11.4 Å². The van der Waals surface area contributed by atoms with E-state index in [-0.39, 0.29) is 17.8 Å². The third-order valence-electron chi connectivity index (χ3n) is 7.72. The lowest BCUT2D eigenvalue weighted by atomic mass is 9.82. The first-order chi connectivity index (χ1) is 18.7. The predicted octanol–water partition coefficient (Wildman–Crippen LogP) is 7.04. The summed E-state index contributed by atoms with van der Waals surface area (Å²) in [7, 11) is 0. The molecule has 2 aliphatic rings. The lowest BCUT2D eigenvalue weighted by Gasteiger charge is -2.44. The standard InChI is InChI=1S/C30H30Cl2FN3O3/c1-19(20-5-3-2-4-6-20)34-28(37)23(21-7-9-25(31)26(32)17-21)11-14-36-15-12-30(13-16-36)24-18-22(33)8-10-27(24)35-29(38)39-30/h2-10,17-19,23H,11-16H2,1H3,(H,34,37)(H,35,38)/t19-,23-/m0/s1. The van der Waals surface area contributed by atoms with Crippen molar-refractivity contribution < 1.29 is 18.7 Å². The van der Waals surface area contributed by atoms with E-state index >= 15 is 0 Å². The second kappa shape index (κ2) is 11.5. The van der Waals surface area contributed by atoms with E-state index in [4.69, 9.17) is 27.9 Å². The van der Waals surface area contributed by atoms with Gasteiger partial charge in [-0.2, -0.15) is 0 Å². The summed E-state index contributed by atoms with van der Waals surface area (Å²) in [4.78, 5) is 28.0. The minimum absolute atomic E-state index is 0.0880. The molecule has 39 heavy (non-hydrogen) atoms. The van der Waals surface area contributed by atoms with Crippen molar-refractivity contribution in [2.75, 3.05) is 25.0 Å². The summed E-state index contributed by atoms with van der Waals surface area (Å²) >= 11 is 12.5. The zero-order chi connectivity index (χ0) is 27.6. The van der Waals surface area contributed by atoms with E-state index in [1.165, 1.54) is 12.1 Å². The molecule has 0 radical (unpaired) electrons. The van der Waals surface area contributed by atoms with E-state index in [1.54, 1.807) is 18.2 Å². The van der Waals surface area contributed by atoms with Crippen LogP contribution in [0.1, 0.15) is 54.8 Å². The Hall–Kier alpha value is -3.13. The highest BCUT2D eigenvalue weighted by Gasteiger charge is 2.44. The molecule has 1 saturated heterocycles. The van der Waals surface area contributed by atoms with Gasteiger partial charge < -0.3 is 15.0 Å². The molecule has 2 N–H and O–H groups in total. The van der Waals surface area contributed by atoms with Gasteiger partial charge in [-0.15, -0.1) is 0 Å². The number of nitrogens with zero attached hydrogens (tertiary/aromatic N) is 1. The number of anilines is 1. The van der Waals surface area contributed by atoms with Gasteiger partial charge >= 0.3 is 6.09 Å². The van der Waals surface area contributed by atoms with Crippen molar-refractivity contribution in [1.29, 1.82) is 0 Å². The Morgan fingerprint density at radius 1 is 1.05 bits per heavy atom. The SMILES string of the molecule is C[C@H](NC(=O)[C@@H](CCN1CCC2(CC1)OC(=O)Nc1ccc(F)cc12)c1ccc(Cl)c(Cl)c1)c1ccccc1. The molecular weight excluding hydrogens is 540 g/mol. The number of ether oxygens (including phenoxy) is 1. The van der Waals surface area contributed by atoms with Crippen LogP contribution in [-0.2, 0) is 15.1 Å². The van der Waals surface area contributed by atoms with Gasteiger partial charge in [0.05, 0.1) is 27.7 Å². The van der Waals surface area contributed by atoms with E-state index in [0.717, 1.165) is 11.1 Å². The van der Waals surface area contributed by atoms with Crippen LogP contribution < -0.4 is 10.6 Å². The number of hydrogen-bond donors (Lipinski definition) is 2. The summed E-state index contributed by atoms with van der Waals surface area (Å²) in [6.07, 6.45) is 1.11. The summed E-state index contributed by atoms with van der Waals surface area (Å²) in [5.41, 5.74) is 2.22. The maximum atomic E-state index is 14.1. The molecule has 204 valence electrons. The summed E-state index contributed by atoms with van der Waals surface area (Å²) < 4.78 is 19.8.